The highest BCUT2D eigenvalue weighted by molar-refractivity contribution is 5.90. The van der Waals surface area contributed by atoms with E-state index in [0.29, 0.717) is 12.5 Å². The molecule has 2 aliphatic carbocycles. The fourth-order valence-corrected chi connectivity index (χ4v) is 3.27. The maximum Gasteiger partial charge on any atom is 0.229 e. The minimum Gasteiger partial charge on any atom is -0.372 e. The summed E-state index contributed by atoms with van der Waals surface area (Å²) in [7, 11) is 0. The van der Waals surface area contributed by atoms with Crippen LogP contribution in [0, 0.1) is 11.3 Å². The number of hydrogen-bond donors (Lipinski definition) is 0. The van der Waals surface area contributed by atoms with Gasteiger partial charge in [0, 0.05) is 13.1 Å². The van der Waals surface area contributed by atoms with E-state index in [1.807, 2.05) is 23.1 Å². The molecule has 1 aliphatic heterocycles. The smallest absolute Gasteiger partial charge is 0.229 e. The molecule has 1 amide bonds. The number of ether oxygens (including phenoxy) is 1. The van der Waals surface area contributed by atoms with Crippen LogP contribution in [0.15, 0.2) is 30.3 Å². The lowest BCUT2D eigenvalue weighted by Gasteiger charge is -2.21. The second-order valence-corrected chi connectivity index (χ2v) is 6.11. The van der Waals surface area contributed by atoms with Gasteiger partial charge in [0.1, 0.15) is 0 Å². The van der Waals surface area contributed by atoms with Gasteiger partial charge in [-0.3, -0.25) is 4.79 Å². The molecule has 1 heterocycles. The third-order valence-electron chi connectivity index (χ3n) is 4.91. The highest BCUT2D eigenvalue weighted by Gasteiger charge is 2.75. The van der Waals surface area contributed by atoms with E-state index in [1.54, 1.807) is 0 Å². The molecule has 3 heteroatoms. The predicted octanol–water partition coefficient (Wildman–Crippen LogP) is 2.39. The van der Waals surface area contributed by atoms with Crippen LogP contribution >= 0.6 is 0 Å². The van der Waals surface area contributed by atoms with Gasteiger partial charge in [-0.2, -0.15) is 0 Å². The Balaban J connectivity index is 1.43. The maximum absolute atomic E-state index is 12.4. The van der Waals surface area contributed by atoms with Gasteiger partial charge in [-0.1, -0.05) is 30.3 Å². The molecule has 100 valence electrons. The van der Waals surface area contributed by atoms with E-state index in [-0.39, 0.29) is 11.5 Å². The molecule has 3 fully saturated rings. The van der Waals surface area contributed by atoms with Gasteiger partial charge < -0.3 is 9.64 Å². The maximum atomic E-state index is 12.4. The fourth-order valence-electron chi connectivity index (χ4n) is 3.27. The lowest BCUT2D eigenvalue weighted by atomic mass is 10.1. The van der Waals surface area contributed by atoms with Crippen LogP contribution in [0.3, 0.4) is 0 Å². The van der Waals surface area contributed by atoms with Gasteiger partial charge in [0.15, 0.2) is 0 Å². The largest absolute Gasteiger partial charge is 0.372 e. The van der Waals surface area contributed by atoms with Crippen molar-refractivity contribution in [2.45, 2.75) is 25.4 Å². The Morgan fingerprint density at radius 1 is 1.21 bits per heavy atom. The van der Waals surface area contributed by atoms with Gasteiger partial charge in [-0.15, -0.1) is 0 Å². The zero-order chi connectivity index (χ0) is 12.9. The van der Waals surface area contributed by atoms with Crippen LogP contribution in [0.4, 0.5) is 0 Å². The van der Waals surface area contributed by atoms with Crippen molar-refractivity contribution < 1.29 is 9.53 Å². The Morgan fingerprint density at radius 3 is 2.63 bits per heavy atom. The molecule has 3 aliphatic rings. The monoisotopic (exact) mass is 257 g/mol. The van der Waals surface area contributed by atoms with Crippen molar-refractivity contribution in [2.75, 3.05) is 19.7 Å². The number of nitrogens with zero attached hydrogens (tertiary/aromatic N) is 1. The SMILES string of the molecule is O=C(N1CCOC(c2ccccc2)CC1)C12CC1C2. The molecule has 3 nitrogen and oxygen atoms in total. The van der Waals surface area contributed by atoms with Crippen LogP contribution in [0.25, 0.3) is 0 Å². The Hall–Kier alpha value is -1.35. The number of benzene rings is 1. The Morgan fingerprint density at radius 2 is 1.95 bits per heavy atom. The second-order valence-electron chi connectivity index (χ2n) is 6.11. The van der Waals surface area contributed by atoms with E-state index in [9.17, 15) is 4.79 Å². The van der Waals surface area contributed by atoms with Crippen LogP contribution in [-0.4, -0.2) is 30.5 Å². The molecule has 0 spiro atoms. The lowest BCUT2D eigenvalue weighted by Crippen LogP contribution is -2.36. The third kappa shape index (κ3) is 1.88. The fraction of sp³-hybridized carbons (Fsp3) is 0.562. The number of fused-ring (bicyclic) bond motifs is 1. The molecule has 0 aromatic heterocycles. The first kappa shape index (κ1) is 11.5. The van der Waals surface area contributed by atoms with Crippen molar-refractivity contribution in [1.82, 2.24) is 4.90 Å². The predicted molar refractivity (Wildman–Crippen MR) is 71.5 cm³/mol. The van der Waals surface area contributed by atoms with E-state index in [4.69, 9.17) is 4.74 Å². The van der Waals surface area contributed by atoms with Crippen LogP contribution in [0.2, 0.25) is 0 Å². The standard InChI is InChI=1S/C16H19NO2/c18-15(16-10-13(16)11-16)17-7-6-14(19-9-8-17)12-4-2-1-3-5-12/h1-5,13-14H,6-11H2. The molecule has 4 rings (SSSR count). The van der Waals surface area contributed by atoms with Gasteiger partial charge in [0.25, 0.3) is 0 Å². The van der Waals surface area contributed by atoms with Crippen molar-refractivity contribution >= 4 is 5.91 Å². The summed E-state index contributed by atoms with van der Waals surface area (Å²) in [4.78, 5) is 14.4. The van der Waals surface area contributed by atoms with Crippen molar-refractivity contribution in [3.63, 3.8) is 0 Å². The highest BCUT2D eigenvalue weighted by Crippen LogP contribution is 2.76. The number of carbonyl (C=O) groups excluding carboxylic acids is 1. The topological polar surface area (TPSA) is 29.5 Å². The Kier molecular flexibility index (Phi) is 2.46. The first-order valence-corrected chi connectivity index (χ1v) is 7.25. The zero-order valence-corrected chi connectivity index (χ0v) is 11.0. The molecule has 19 heavy (non-hydrogen) atoms. The van der Waals surface area contributed by atoms with E-state index < -0.39 is 0 Å². The van der Waals surface area contributed by atoms with E-state index in [0.717, 1.165) is 38.3 Å². The van der Waals surface area contributed by atoms with Crippen molar-refractivity contribution in [3.05, 3.63) is 35.9 Å². The normalized spacial score (nSPS) is 36.3. The minimum atomic E-state index is 0.104. The summed E-state index contributed by atoms with van der Waals surface area (Å²) in [5.41, 5.74) is 1.33. The summed E-state index contributed by atoms with van der Waals surface area (Å²) in [6.45, 7) is 2.26. The molecule has 1 aromatic rings. The summed E-state index contributed by atoms with van der Waals surface area (Å²) in [5, 5.41) is 0. The van der Waals surface area contributed by atoms with E-state index in [2.05, 4.69) is 12.1 Å². The van der Waals surface area contributed by atoms with Gasteiger partial charge in [0.05, 0.1) is 18.1 Å². The zero-order valence-electron chi connectivity index (χ0n) is 11.0. The van der Waals surface area contributed by atoms with Gasteiger partial charge in [-0.05, 0) is 30.7 Å². The Bertz CT molecular complexity index is 493. The first-order valence-electron chi connectivity index (χ1n) is 7.25. The molecular formula is C16H19NO2. The Labute approximate surface area is 113 Å². The van der Waals surface area contributed by atoms with E-state index >= 15 is 0 Å². The molecule has 0 N–H and O–H groups in total. The average molecular weight is 257 g/mol. The summed E-state index contributed by atoms with van der Waals surface area (Å²) < 4.78 is 5.92. The molecule has 1 unspecified atom stereocenters. The van der Waals surface area contributed by atoms with Crippen LogP contribution in [0.1, 0.15) is 30.9 Å². The first-order chi connectivity index (χ1) is 9.29. The van der Waals surface area contributed by atoms with Crippen molar-refractivity contribution in [2.24, 2.45) is 11.3 Å². The summed E-state index contributed by atoms with van der Waals surface area (Å²) in [6, 6.07) is 10.3. The van der Waals surface area contributed by atoms with Crippen LogP contribution < -0.4 is 0 Å². The molecule has 0 bridgehead atoms. The second kappa shape index (κ2) is 4.07. The van der Waals surface area contributed by atoms with Crippen LogP contribution in [-0.2, 0) is 9.53 Å². The van der Waals surface area contributed by atoms with Crippen LogP contribution in [0.5, 0.6) is 0 Å². The van der Waals surface area contributed by atoms with Gasteiger partial charge >= 0.3 is 0 Å². The minimum absolute atomic E-state index is 0.104. The molecule has 1 atom stereocenters. The van der Waals surface area contributed by atoms with Gasteiger partial charge in [0.2, 0.25) is 5.91 Å². The number of rotatable bonds is 2. The van der Waals surface area contributed by atoms with Crippen molar-refractivity contribution in [3.8, 4) is 0 Å². The summed E-state index contributed by atoms with van der Waals surface area (Å²) >= 11 is 0. The molecule has 2 saturated carbocycles. The van der Waals surface area contributed by atoms with Crippen molar-refractivity contribution in [1.29, 1.82) is 0 Å². The number of carbonyl (C=O) groups is 1. The average Bonchev–Trinajstić information content (AvgIpc) is 3.29. The summed E-state index contributed by atoms with van der Waals surface area (Å²) in [5.74, 6) is 1.13. The molecule has 1 saturated heterocycles. The quantitative estimate of drug-likeness (QED) is 0.814. The summed E-state index contributed by atoms with van der Waals surface area (Å²) in [6.07, 6.45) is 3.35. The molecular weight excluding hydrogens is 238 g/mol. The van der Waals surface area contributed by atoms with Gasteiger partial charge in [-0.25, -0.2) is 0 Å². The van der Waals surface area contributed by atoms with E-state index in [1.165, 1.54) is 5.56 Å². The highest BCUT2D eigenvalue weighted by atomic mass is 16.5. The number of hydrogen-bond acceptors (Lipinski definition) is 2. The third-order valence-corrected chi connectivity index (χ3v) is 4.91. The molecule has 0 radical (unpaired) electrons. The number of amides is 1. The lowest BCUT2D eigenvalue weighted by molar-refractivity contribution is -0.134. The molecule has 1 aromatic carbocycles.